The van der Waals surface area contributed by atoms with Gasteiger partial charge in [0, 0.05) is 11.5 Å². The van der Waals surface area contributed by atoms with Gasteiger partial charge in [0.15, 0.2) is 0 Å². The van der Waals surface area contributed by atoms with Crippen molar-refractivity contribution in [3.05, 3.63) is 70.5 Å². The zero-order valence-corrected chi connectivity index (χ0v) is 16.6. The molecule has 0 aromatic heterocycles. The third kappa shape index (κ3) is 3.86. The molecule has 1 saturated carbocycles. The Bertz CT molecular complexity index is 969. The van der Waals surface area contributed by atoms with E-state index in [1.54, 1.807) is 12.1 Å². The lowest BCUT2D eigenvalue weighted by molar-refractivity contribution is 0.164. The average molecular weight is 404 g/mol. The molecule has 2 aliphatic rings. The fourth-order valence-electron chi connectivity index (χ4n) is 4.81. The van der Waals surface area contributed by atoms with Gasteiger partial charge in [0.1, 0.15) is 5.82 Å². The topological polar surface area (TPSA) is 66.4 Å². The molecule has 2 N–H and O–H groups in total. The first-order valence-corrected chi connectivity index (χ1v) is 11.5. The van der Waals surface area contributed by atoms with Crippen LogP contribution < -0.4 is 5.32 Å². The number of halogens is 1. The number of nitrogens with one attached hydrogen (secondary N) is 1. The van der Waals surface area contributed by atoms with Gasteiger partial charge < -0.3 is 5.32 Å². The summed E-state index contributed by atoms with van der Waals surface area (Å²) < 4.78 is 44.9. The smallest absolute Gasteiger partial charge is 0.264 e. The molecule has 150 valence electrons. The Labute approximate surface area is 165 Å². The van der Waals surface area contributed by atoms with E-state index in [9.17, 15) is 12.8 Å². The van der Waals surface area contributed by atoms with Crippen molar-refractivity contribution in [2.75, 3.05) is 12.3 Å². The zero-order valence-electron chi connectivity index (χ0n) is 15.8. The first-order valence-electron chi connectivity index (χ1n) is 9.94. The molecule has 0 amide bonds. The largest absolute Gasteiger partial charge is 0.309 e. The minimum Gasteiger partial charge on any atom is -0.309 e. The fourth-order valence-corrected chi connectivity index (χ4v) is 5.32. The first kappa shape index (κ1) is 19.6. The van der Waals surface area contributed by atoms with Gasteiger partial charge in [-0.1, -0.05) is 36.8 Å². The predicted octanol–water partition coefficient (Wildman–Crippen LogP) is 3.95. The van der Waals surface area contributed by atoms with E-state index in [1.165, 1.54) is 17.2 Å². The number of fused-ring (bicyclic) bond motifs is 1. The Morgan fingerprint density at radius 3 is 2.68 bits per heavy atom. The van der Waals surface area contributed by atoms with Crippen LogP contribution in [0, 0.1) is 5.82 Å². The minimum absolute atomic E-state index is 0.0929. The lowest BCUT2D eigenvalue weighted by Crippen LogP contribution is -2.49. The van der Waals surface area contributed by atoms with Crippen LogP contribution in [0.15, 0.2) is 42.5 Å². The molecule has 4 rings (SSSR count). The van der Waals surface area contributed by atoms with Gasteiger partial charge in [-0.3, -0.25) is 4.55 Å². The van der Waals surface area contributed by atoms with Crippen LogP contribution in [0.2, 0.25) is 0 Å². The van der Waals surface area contributed by atoms with Crippen molar-refractivity contribution in [3.63, 3.8) is 0 Å². The van der Waals surface area contributed by atoms with Crippen molar-refractivity contribution < 1.29 is 17.4 Å². The maximum absolute atomic E-state index is 13.9. The van der Waals surface area contributed by atoms with E-state index in [2.05, 4.69) is 23.5 Å². The molecular weight excluding hydrogens is 377 g/mol. The summed E-state index contributed by atoms with van der Waals surface area (Å²) in [5, 5.41) is 3.69. The third-order valence-electron chi connectivity index (χ3n) is 6.33. The van der Waals surface area contributed by atoms with Crippen LogP contribution in [-0.4, -0.2) is 25.3 Å². The van der Waals surface area contributed by atoms with E-state index in [0.717, 1.165) is 43.4 Å². The molecule has 1 heterocycles. The Kier molecular flexibility index (Phi) is 5.29. The van der Waals surface area contributed by atoms with Gasteiger partial charge in [0.05, 0.1) is 5.75 Å². The summed E-state index contributed by atoms with van der Waals surface area (Å²) >= 11 is 0. The molecule has 1 aliphatic carbocycles. The zero-order chi connectivity index (χ0) is 19.8. The third-order valence-corrected chi connectivity index (χ3v) is 7.13. The highest BCUT2D eigenvalue weighted by Gasteiger charge is 2.47. The summed E-state index contributed by atoms with van der Waals surface area (Å²) in [6, 6.07) is 13.5. The number of aryl methyl sites for hydroxylation is 1. The van der Waals surface area contributed by atoms with Crippen molar-refractivity contribution >= 4 is 10.1 Å². The monoisotopic (exact) mass is 403 g/mol. The summed E-state index contributed by atoms with van der Waals surface area (Å²) in [6.07, 6.45) is 5.15. The molecule has 4 nitrogen and oxygen atoms in total. The fraction of sp³-hybridized carbons (Fsp3) is 0.455. The van der Waals surface area contributed by atoms with Gasteiger partial charge in [-0.15, -0.1) is 0 Å². The van der Waals surface area contributed by atoms with Gasteiger partial charge in [0.2, 0.25) is 0 Å². The number of hydrogen-bond acceptors (Lipinski definition) is 3. The summed E-state index contributed by atoms with van der Waals surface area (Å²) in [5.74, 6) is -0.419. The van der Waals surface area contributed by atoms with Gasteiger partial charge in [-0.25, -0.2) is 4.39 Å². The van der Waals surface area contributed by atoms with Gasteiger partial charge >= 0.3 is 0 Å². The molecule has 6 heteroatoms. The van der Waals surface area contributed by atoms with Crippen LogP contribution in [0.5, 0.6) is 0 Å². The van der Waals surface area contributed by atoms with Crippen molar-refractivity contribution in [3.8, 4) is 0 Å². The molecule has 0 spiro atoms. The molecule has 2 aromatic rings. The standard InChI is InChI=1S/C22H26FNO3S/c23-19-6-1-5-18(15-19)22(10-3-11-22)21-20-14-16(4-2-13-28(25,26)27)7-8-17(20)9-12-24-21/h1,5-8,14-15,21,24H,2-4,9-13H2,(H,25,26,27). The van der Waals surface area contributed by atoms with Crippen LogP contribution >= 0.6 is 0 Å². The summed E-state index contributed by atoms with van der Waals surface area (Å²) in [7, 11) is -3.93. The number of rotatable bonds is 6. The Hall–Kier alpha value is -1.76. The lowest BCUT2D eigenvalue weighted by Gasteiger charge is -2.50. The van der Waals surface area contributed by atoms with Gasteiger partial charge in [-0.05, 0) is 73.0 Å². The normalized spacial score (nSPS) is 21.0. The molecular formula is C22H26FNO3S. The highest BCUT2D eigenvalue weighted by Crippen LogP contribution is 2.53. The van der Waals surface area contributed by atoms with Crippen molar-refractivity contribution in [1.82, 2.24) is 5.32 Å². The second-order valence-corrected chi connectivity index (χ2v) is 9.65. The molecule has 1 aliphatic heterocycles. The average Bonchev–Trinajstić information content (AvgIpc) is 2.60. The van der Waals surface area contributed by atoms with E-state index in [0.29, 0.717) is 12.8 Å². The van der Waals surface area contributed by atoms with E-state index < -0.39 is 10.1 Å². The summed E-state index contributed by atoms with van der Waals surface area (Å²) in [4.78, 5) is 0. The lowest BCUT2D eigenvalue weighted by atomic mass is 9.57. The summed E-state index contributed by atoms with van der Waals surface area (Å²) in [6.45, 7) is 0.900. The quantitative estimate of drug-likeness (QED) is 0.717. The second-order valence-electron chi connectivity index (χ2n) is 8.08. The molecule has 0 radical (unpaired) electrons. The van der Waals surface area contributed by atoms with E-state index in [-0.39, 0.29) is 23.0 Å². The molecule has 2 aromatic carbocycles. The van der Waals surface area contributed by atoms with Crippen LogP contribution in [0.3, 0.4) is 0 Å². The Morgan fingerprint density at radius 1 is 1.18 bits per heavy atom. The summed E-state index contributed by atoms with van der Waals surface area (Å²) in [5.41, 5.74) is 4.60. The first-order chi connectivity index (χ1) is 13.4. The Morgan fingerprint density at radius 2 is 2.00 bits per heavy atom. The van der Waals surface area contributed by atoms with Gasteiger partial charge in [-0.2, -0.15) is 8.42 Å². The molecule has 0 saturated heterocycles. The second kappa shape index (κ2) is 7.58. The number of hydrogen-bond donors (Lipinski definition) is 2. The molecule has 0 bridgehead atoms. The van der Waals surface area contributed by atoms with E-state index >= 15 is 0 Å². The highest BCUT2D eigenvalue weighted by molar-refractivity contribution is 7.85. The molecule has 1 fully saturated rings. The van der Waals surface area contributed by atoms with Crippen LogP contribution in [0.25, 0.3) is 0 Å². The van der Waals surface area contributed by atoms with Crippen LogP contribution in [-0.2, 0) is 28.4 Å². The maximum Gasteiger partial charge on any atom is 0.264 e. The van der Waals surface area contributed by atoms with Crippen LogP contribution in [0.4, 0.5) is 4.39 Å². The van der Waals surface area contributed by atoms with Gasteiger partial charge in [0.25, 0.3) is 10.1 Å². The molecule has 1 unspecified atom stereocenters. The Balaban J connectivity index is 1.64. The minimum atomic E-state index is -3.93. The van der Waals surface area contributed by atoms with Crippen molar-refractivity contribution in [2.24, 2.45) is 0 Å². The van der Waals surface area contributed by atoms with Crippen molar-refractivity contribution in [2.45, 2.75) is 50.0 Å². The maximum atomic E-state index is 13.9. The van der Waals surface area contributed by atoms with E-state index in [1.807, 2.05) is 6.07 Å². The SMILES string of the molecule is O=S(=O)(O)CCCc1ccc2c(c1)C(C1(c3cccc(F)c3)CCC1)NCC2. The molecule has 28 heavy (non-hydrogen) atoms. The highest BCUT2D eigenvalue weighted by atomic mass is 32.2. The van der Waals surface area contributed by atoms with Crippen molar-refractivity contribution in [1.29, 1.82) is 0 Å². The number of benzene rings is 2. The van der Waals surface area contributed by atoms with Crippen LogP contribution in [0.1, 0.15) is 54.0 Å². The molecule has 1 atom stereocenters. The predicted molar refractivity (Wildman–Crippen MR) is 108 cm³/mol. The van der Waals surface area contributed by atoms with E-state index in [4.69, 9.17) is 4.55 Å².